The van der Waals surface area contributed by atoms with Crippen LogP contribution in [-0.4, -0.2) is 37.5 Å². The van der Waals surface area contributed by atoms with Crippen molar-refractivity contribution in [3.8, 4) is 0 Å². The Morgan fingerprint density at radius 2 is 2.39 bits per heavy atom. The fourth-order valence-electron chi connectivity index (χ4n) is 2.51. The molecule has 3 heterocycles. The highest BCUT2D eigenvalue weighted by Gasteiger charge is 2.26. The molecule has 0 aromatic carbocycles. The third-order valence-electron chi connectivity index (χ3n) is 3.36. The summed E-state index contributed by atoms with van der Waals surface area (Å²) >= 11 is 0. The highest BCUT2D eigenvalue weighted by atomic mass is 16.4. The van der Waals surface area contributed by atoms with Crippen LogP contribution >= 0.6 is 0 Å². The molecular formula is C12H17N5O. The fourth-order valence-corrected chi connectivity index (χ4v) is 2.51. The summed E-state index contributed by atoms with van der Waals surface area (Å²) in [5.41, 5.74) is 0. The maximum absolute atomic E-state index is 5.44. The van der Waals surface area contributed by atoms with E-state index in [9.17, 15) is 0 Å². The molecule has 1 fully saturated rings. The number of likely N-dealkylation sites (tertiary alicyclic amines) is 1. The van der Waals surface area contributed by atoms with Crippen molar-refractivity contribution in [2.75, 3.05) is 6.54 Å². The van der Waals surface area contributed by atoms with Crippen molar-refractivity contribution in [2.24, 2.45) is 0 Å². The molecule has 2 aromatic heterocycles. The molecule has 0 spiro atoms. The Kier molecular flexibility index (Phi) is 3.10. The van der Waals surface area contributed by atoms with Gasteiger partial charge in [0.15, 0.2) is 0 Å². The predicted octanol–water partition coefficient (Wildman–Crippen LogP) is 1.24. The van der Waals surface area contributed by atoms with E-state index in [4.69, 9.17) is 4.42 Å². The van der Waals surface area contributed by atoms with Crippen molar-refractivity contribution < 1.29 is 4.42 Å². The van der Waals surface area contributed by atoms with Crippen LogP contribution in [0.25, 0.3) is 0 Å². The van der Waals surface area contributed by atoms with Crippen LogP contribution in [0.3, 0.4) is 0 Å². The van der Waals surface area contributed by atoms with Crippen LogP contribution < -0.4 is 0 Å². The van der Waals surface area contributed by atoms with E-state index < -0.39 is 0 Å². The minimum atomic E-state index is 0.511. The van der Waals surface area contributed by atoms with Gasteiger partial charge in [-0.2, -0.15) is 5.10 Å². The van der Waals surface area contributed by atoms with E-state index >= 15 is 0 Å². The molecule has 0 aliphatic carbocycles. The standard InChI is InChI=1S/C12H17N5O/c1-10-14-15-12(18-10)9-16-6-2-4-11(16)8-17-7-3-5-13-17/h3,5,7,11H,2,4,6,8-9H2,1H3/t11-/m0/s1. The fraction of sp³-hybridized carbons (Fsp3) is 0.583. The van der Waals surface area contributed by atoms with Gasteiger partial charge in [0.25, 0.3) is 0 Å². The minimum Gasteiger partial charge on any atom is -0.424 e. The molecular weight excluding hydrogens is 230 g/mol. The second-order valence-corrected chi connectivity index (χ2v) is 4.71. The van der Waals surface area contributed by atoms with E-state index in [2.05, 4.69) is 20.2 Å². The molecule has 0 amide bonds. The predicted molar refractivity (Wildman–Crippen MR) is 64.7 cm³/mol. The number of nitrogens with zero attached hydrogens (tertiary/aromatic N) is 5. The molecule has 1 aliphatic rings. The summed E-state index contributed by atoms with van der Waals surface area (Å²) < 4.78 is 7.43. The summed E-state index contributed by atoms with van der Waals surface area (Å²) in [4.78, 5) is 2.40. The summed E-state index contributed by atoms with van der Waals surface area (Å²) in [7, 11) is 0. The van der Waals surface area contributed by atoms with Crippen molar-refractivity contribution in [1.29, 1.82) is 0 Å². The second-order valence-electron chi connectivity index (χ2n) is 4.71. The van der Waals surface area contributed by atoms with Gasteiger partial charge < -0.3 is 4.42 Å². The van der Waals surface area contributed by atoms with Gasteiger partial charge in [0, 0.05) is 25.4 Å². The van der Waals surface area contributed by atoms with Crippen LogP contribution in [0.15, 0.2) is 22.9 Å². The summed E-state index contributed by atoms with van der Waals surface area (Å²) in [6.45, 7) is 4.59. The highest BCUT2D eigenvalue weighted by Crippen LogP contribution is 2.20. The Hall–Kier alpha value is -1.69. The van der Waals surface area contributed by atoms with Gasteiger partial charge in [-0.3, -0.25) is 9.58 Å². The Morgan fingerprint density at radius 3 is 3.11 bits per heavy atom. The summed E-state index contributed by atoms with van der Waals surface area (Å²) in [6.07, 6.45) is 6.25. The Balaban J connectivity index is 1.64. The van der Waals surface area contributed by atoms with Crippen molar-refractivity contribution in [3.05, 3.63) is 30.2 Å². The maximum atomic E-state index is 5.44. The van der Waals surface area contributed by atoms with Crippen LogP contribution in [0.1, 0.15) is 24.6 Å². The zero-order valence-corrected chi connectivity index (χ0v) is 10.5. The molecule has 6 nitrogen and oxygen atoms in total. The van der Waals surface area contributed by atoms with Gasteiger partial charge in [0.05, 0.1) is 13.1 Å². The molecule has 1 atom stereocenters. The third kappa shape index (κ3) is 2.43. The molecule has 0 bridgehead atoms. The van der Waals surface area contributed by atoms with Crippen molar-refractivity contribution in [2.45, 2.75) is 38.9 Å². The highest BCUT2D eigenvalue weighted by molar-refractivity contribution is 4.87. The first kappa shape index (κ1) is 11.4. The average Bonchev–Trinajstić information content (AvgIpc) is 3.05. The number of hydrogen-bond donors (Lipinski definition) is 0. The van der Waals surface area contributed by atoms with Crippen LogP contribution in [0.2, 0.25) is 0 Å². The molecule has 1 saturated heterocycles. The second kappa shape index (κ2) is 4.89. The molecule has 96 valence electrons. The van der Waals surface area contributed by atoms with Crippen LogP contribution in [0.5, 0.6) is 0 Å². The van der Waals surface area contributed by atoms with Crippen molar-refractivity contribution in [1.82, 2.24) is 24.9 Å². The molecule has 18 heavy (non-hydrogen) atoms. The first-order chi connectivity index (χ1) is 8.81. The lowest BCUT2D eigenvalue weighted by molar-refractivity contribution is 0.199. The first-order valence-electron chi connectivity index (χ1n) is 6.32. The van der Waals surface area contributed by atoms with Crippen LogP contribution in [0, 0.1) is 6.92 Å². The van der Waals surface area contributed by atoms with E-state index in [-0.39, 0.29) is 0 Å². The Labute approximate surface area is 106 Å². The van der Waals surface area contributed by atoms with E-state index in [1.54, 1.807) is 0 Å². The number of rotatable bonds is 4. The summed E-state index contributed by atoms with van der Waals surface area (Å²) in [5, 5.41) is 12.2. The lowest BCUT2D eigenvalue weighted by Crippen LogP contribution is -2.32. The van der Waals surface area contributed by atoms with Gasteiger partial charge in [0.2, 0.25) is 11.8 Å². The lowest BCUT2D eigenvalue weighted by Gasteiger charge is -2.22. The molecule has 0 unspecified atom stereocenters. The quantitative estimate of drug-likeness (QED) is 0.813. The van der Waals surface area contributed by atoms with E-state index in [1.807, 2.05) is 30.1 Å². The maximum Gasteiger partial charge on any atom is 0.230 e. The van der Waals surface area contributed by atoms with E-state index in [0.717, 1.165) is 19.6 Å². The molecule has 1 aliphatic heterocycles. The number of aromatic nitrogens is 4. The zero-order chi connectivity index (χ0) is 12.4. The van der Waals surface area contributed by atoms with Crippen LogP contribution in [0.4, 0.5) is 0 Å². The number of hydrogen-bond acceptors (Lipinski definition) is 5. The summed E-state index contributed by atoms with van der Waals surface area (Å²) in [6, 6.07) is 2.47. The third-order valence-corrected chi connectivity index (χ3v) is 3.36. The molecule has 0 radical (unpaired) electrons. The molecule has 6 heteroatoms. The Morgan fingerprint density at radius 1 is 1.44 bits per heavy atom. The summed E-state index contributed by atoms with van der Waals surface area (Å²) in [5.74, 6) is 1.34. The van der Waals surface area contributed by atoms with E-state index in [0.29, 0.717) is 17.8 Å². The number of aryl methyl sites for hydroxylation is 1. The van der Waals surface area contributed by atoms with Gasteiger partial charge in [-0.1, -0.05) is 0 Å². The molecule has 3 rings (SSSR count). The molecule has 0 N–H and O–H groups in total. The molecule has 2 aromatic rings. The lowest BCUT2D eigenvalue weighted by atomic mass is 10.2. The van der Waals surface area contributed by atoms with Crippen LogP contribution in [-0.2, 0) is 13.1 Å². The smallest absolute Gasteiger partial charge is 0.230 e. The largest absolute Gasteiger partial charge is 0.424 e. The Bertz CT molecular complexity index is 492. The minimum absolute atomic E-state index is 0.511. The van der Waals surface area contributed by atoms with Crippen molar-refractivity contribution >= 4 is 0 Å². The monoisotopic (exact) mass is 247 g/mol. The van der Waals surface area contributed by atoms with E-state index in [1.165, 1.54) is 12.8 Å². The van der Waals surface area contributed by atoms with Gasteiger partial charge in [-0.25, -0.2) is 0 Å². The first-order valence-corrected chi connectivity index (χ1v) is 6.32. The van der Waals surface area contributed by atoms with Gasteiger partial charge in [-0.05, 0) is 25.5 Å². The topological polar surface area (TPSA) is 60.0 Å². The molecule has 0 saturated carbocycles. The SMILES string of the molecule is Cc1nnc(CN2CCC[C@H]2Cn2cccn2)o1. The van der Waals surface area contributed by atoms with Gasteiger partial charge in [-0.15, -0.1) is 10.2 Å². The average molecular weight is 247 g/mol. The van der Waals surface area contributed by atoms with Gasteiger partial charge >= 0.3 is 0 Å². The van der Waals surface area contributed by atoms with Gasteiger partial charge in [0.1, 0.15) is 0 Å². The zero-order valence-electron chi connectivity index (χ0n) is 10.5. The van der Waals surface area contributed by atoms with Crippen molar-refractivity contribution in [3.63, 3.8) is 0 Å². The normalized spacial score (nSPS) is 20.6.